The van der Waals surface area contributed by atoms with Crippen molar-refractivity contribution in [3.05, 3.63) is 63.7 Å². The van der Waals surface area contributed by atoms with Crippen molar-refractivity contribution in [3.63, 3.8) is 0 Å². The fraction of sp³-hybridized carbons (Fsp3) is 0.222. The third-order valence-electron chi connectivity index (χ3n) is 4.17. The summed E-state index contributed by atoms with van der Waals surface area (Å²) < 4.78 is 5.32. The van der Waals surface area contributed by atoms with E-state index in [4.69, 9.17) is 9.84 Å². The Bertz CT molecular complexity index is 880. The van der Waals surface area contributed by atoms with Crippen molar-refractivity contribution in [2.75, 3.05) is 18.1 Å². The van der Waals surface area contributed by atoms with Crippen molar-refractivity contribution in [3.8, 4) is 5.75 Å². The molecule has 0 aromatic heterocycles. The molecule has 26 heavy (non-hydrogen) atoms. The number of aromatic carboxylic acids is 1. The van der Waals surface area contributed by atoms with E-state index in [9.17, 15) is 19.7 Å². The average molecular weight is 356 g/mol. The minimum Gasteiger partial charge on any atom is -0.478 e. The van der Waals surface area contributed by atoms with Crippen LogP contribution in [-0.4, -0.2) is 35.1 Å². The molecule has 1 heterocycles. The van der Waals surface area contributed by atoms with Crippen LogP contribution in [0.15, 0.2) is 42.5 Å². The van der Waals surface area contributed by atoms with Gasteiger partial charge in [-0.1, -0.05) is 18.2 Å². The van der Waals surface area contributed by atoms with E-state index in [2.05, 4.69) is 0 Å². The van der Waals surface area contributed by atoms with Crippen LogP contribution in [0.3, 0.4) is 0 Å². The van der Waals surface area contributed by atoms with E-state index in [0.717, 1.165) is 42.3 Å². The zero-order valence-electron chi connectivity index (χ0n) is 13.8. The molecule has 0 saturated carbocycles. The normalized spacial score (nSPS) is 13.0. The number of ether oxygens (including phenoxy) is 1. The average Bonchev–Trinajstić information content (AvgIpc) is 2.65. The highest BCUT2D eigenvalue weighted by Crippen LogP contribution is 2.29. The van der Waals surface area contributed by atoms with Gasteiger partial charge in [-0.15, -0.1) is 0 Å². The van der Waals surface area contributed by atoms with Crippen molar-refractivity contribution in [2.24, 2.45) is 0 Å². The Labute approximate surface area is 148 Å². The van der Waals surface area contributed by atoms with Crippen LogP contribution in [0.2, 0.25) is 0 Å². The van der Waals surface area contributed by atoms with Gasteiger partial charge in [0, 0.05) is 24.4 Å². The smallest absolute Gasteiger partial charge is 0.335 e. The summed E-state index contributed by atoms with van der Waals surface area (Å²) in [6, 6.07) is 10.8. The van der Waals surface area contributed by atoms with Crippen molar-refractivity contribution < 1.29 is 24.4 Å². The van der Waals surface area contributed by atoms with Crippen LogP contribution in [0.4, 0.5) is 11.4 Å². The SMILES string of the molecule is O=C(O)c1ccc([N+](=O)[O-])c(OCC(=O)N2CCCc3ccccc32)c1. The first-order valence-corrected chi connectivity index (χ1v) is 8.00. The number of anilines is 1. The summed E-state index contributed by atoms with van der Waals surface area (Å²) >= 11 is 0. The molecule has 0 fully saturated rings. The molecule has 0 radical (unpaired) electrons. The molecular formula is C18H16N2O6. The lowest BCUT2D eigenvalue weighted by Gasteiger charge is -2.29. The van der Waals surface area contributed by atoms with Gasteiger partial charge in [-0.05, 0) is 30.5 Å². The van der Waals surface area contributed by atoms with Crippen LogP contribution in [0.25, 0.3) is 0 Å². The monoisotopic (exact) mass is 356 g/mol. The van der Waals surface area contributed by atoms with Gasteiger partial charge in [0.2, 0.25) is 0 Å². The van der Waals surface area contributed by atoms with Crippen LogP contribution in [0.5, 0.6) is 5.75 Å². The van der Waals surface area contributed by atoms with Gasteiger partial charge in [-0.25, -0.2) is 4.79 Å². The molecule has 134 valence electrons. The number of carbonyl (C=O) groups is 2. The second kappa shape index (κ2) is 7.22. The number of fused-ring (bicyclic) bond motifs is 1. The number of benzene rings is 2. The van der Waals surface area contributed by atoms with E-state index >= 15 is 0 Å². The summed E-state index contributed by atoms with van der Waals surface area (Å²) in [4.78, 5) is 35.6. The van der Waals surface area contributed by atoms with E-state index in [1.54, 1.807) is 4.90 Å². The van der Waals surface area contributed by atoms with E-state index in [1.807, 2.05) is 24.3 Å². The largest absolute Gasteiger partial charge is 0.478 e. The molecule has 0 saturated heterocycles. The van der Waals surface area contributed by atoms with E-state index in [-0.39, 0.29) is 22.9 Å². The van der Waals surface area contributed by atoms with E-state index < -0.39 is 17.5 Å². The number of nitro groups is 1. The van der Waals surface area contributed by atoms with Crippen LogP contribution in [-0.2, 0) is 11.2 Å². The van der Waals surface area contributed by atoms with Crippen molar-refractivity contribution in [1.82, 2.24) is 0 Å². The summed E-state index contributed by atoms with van der Waals surface area (Å²) in [6.45, 7) is 0.120. The van der Waals surface area contributed by atoms with Gasteiger partial charge in [-0.3, -0.25) is 14.9 Å². The number of hydrogen-bond acceptors (Lipinski definition) is 5. The lowest BCUT2D eigenvalue weighted by atomic mass is 10.0. The molecule has 0 atom stereocenters. The molecule has 1 aliphatic heterocycles. The third-order valence-corrected chi connectivity index (χ3v) is 4.17. The lowest BCUT2D eigenvalue weighted by Crippen LogP contribution is -2.38. The Balaban J connectivity index is 1.79. The third kappa shape index (κ3) is 3.49. The number of nitro benzene ring substituents is 1. The maximum Gasteiger partial charge on any atom is 0.335 e. The maximum absolute atomic E-state index is 12.5. The van der Waals surface area contributed by atoms with Crippen molar-refractivity contribution >= 4 is 23.3 Å². The minimum absolute atomic E-state index is 0.152. The molecule has 8 heteroatoms. The van der Waals surface area contributed by atoms with Gasteiger partial charge in [0.05, 0.1) is 10.5 Å². The van der Waals surface area contributed by atoms with E-state index in [0.29, 0.717) is 6.54 Å². The van der Waals surface area contributed by atoms with Crippen molar-refractivity contribution in [1.29, 1.82) is 0 Å². The molecule has 2 aromatic carbocycles. The van der Waals surface area contributed by atoms with E-state index in [1.165, 1.54) is 0 Å². The summed E-state index contributed by atoms with van der Waals surface area (Å²) in [5.41, 5.74) is 1.33. The highest BCUT2D eigenvalue weighted by atomic mass is 16.6. The van der Waals surface area contributed by atoms with Crippen LogP contribution < -0.4 is 9.64 Å². The molecule has 1 N–H and O–H groups in total. The number of carboxylic acid groups (broad SMARTS) is 1. The Morgan fingerprint density at radius 1 is 1.23 bits per heavy atom. The van der Waals surface area contributed by atoms with Crippen LogP contribution >= 0.6 is 0 Å². The quantitative estimate of drug-likeness (QED) is 0.651. The summed E-state index contributed by atoms with van der Waals surface area (Å²) in [5.74, 6) is -1.82. The first-order chi connectivity index (χ1) is 12.5. The molecule has 2 aromatic rings. The number of para-hydroxylation sites is 1. The Kier molecular flexibility index (Phi) is 4.83. The molecule has 1 aliphatic rings. The first-order valence-electron chi connectivity index (χ1n) is 8.00. The van der Waals surface area contributed by atoms with Gasteiger partial charge < -0.3 is 14.7 Å². The fourth-order valence-electron chi connectivity index (χ4n) is 2.92. The van der Waals surface area contributed by atoms with Crippen LogP contribution in [0.1, 0.15) is 22.3 Å². The number of nitrogens with zero attached hydrogens (tertiary/aromatic N) is 2. The number of rotatable bonds is 5. The summed E-state index contributed by atoms with van der Waals surface area (Å²) in [5, 5.41) is 20.1. The molecule has 8 nitrogen and oxygen atoms in total. The topological polar surface area (TPSA) is 110 Å². The number of amides is 1. The first kappa shape index (κ1) is 17.4. The number of carboxylic acids is 1. The van der Waals surface area contributed by atoms with Gasteiger partial charge in [0.15, 0.2) is 12.4 Å². The van der Waals surface area contributed by atoms with Gasteiger partial charge in [0.1, 0.15) is 0 Å². The predicted octanol–water partition coefficient (Wildman–Crippen LogP) is 2.65. The highest BCUT2D eigenvalue weighted by Gasteiger charge is 2.24. The van der Waals surface area contributed by atoms with Gasteiger partial charge in [-0.2, -0.15) is 0 Å². The molecule has 0 bridgehead atoms. The fourth-order valence-corrected chi connectivity index (χ4v) is 2.92. The number of carbonyl (C=O) groups excluding carboxylic acids is 1. The lowest BCUT2D eigenvalue weighted by molar-refractivity contribution is -0.385. The van der Waals surface area contributed by atoms with Gasteiger partial charge in [0.25, 0.3) is 5.91 Å². The molecule has 0 spiro atoms. The standard InChI is InChI=1S/C18H16N2O6/c21-17(19-9-3-5-12-4-1-2-6-14(12)19)11-26-16-10-13(18(22)23)7-8-15(16)20(24)25/h1-2,4,6-8,10H,3,5,9,11H2,(H,22,23). The summed E-state index contributed by atoms with van der Waals surface area (Å²) in [7, 11) is 0. The number of hydrogen-bond donors (Lipinski definition) is 1. The molecule has 0 unspecified atom stereocenters. The minimum atomic E-state index is -1.24. The second-order valence-corrected chi connectivity index (χ2v) is 5.81. The Morgan fingerprint density at radius 3 is 2.73 bits per heavy atom. The molecule has 0 aliphatic carbocycles. The molecule has 3 rings (SSSR count). The zero-order valence-corrected chi connectivity index (χ0v) is 13.8. The predicted molar refractivity (Wildman–Crippen MR) is 92.7 cm³/mol. The Morgan fingerprint density at radius 2 is 2.00 bits per heavy atom. The molecule has 1 amide bonds. The van der Waals surface area contributed by atoms with Crippen molar-refractivity contribution in [2.45, 2.75) is 12.8 Å². The highest BCUT2D eigenvalue weighted by molar-refractivity contribution is 5.95. The maximum atomic E-state index is 12.5. The second-order valence-electron chi connectivity index (χ2n) is 5.81. The number of aryl methyl sites for hydroxylation is 1. The summed E-state index contributed by atoms with van der Waals surface area (Å²) in [6.07, 6.45) is 1.70. The van der Waals surface area contributed by atoms with Crippen LogP contribution in [0, 0.1) is 10.1 Å². The Hall–Kier alpha value is -3.42. The zero-order chi connectivity index (χ0) is 18.7. The van der Waals surface area contributed by atoms with Gasteiger partial charge >= 0.3 is 11.7 Å². The molecular weight excluding hydrogens is 340 g/mol.